The van der Waals surface area contributed by atoms with Gasteiger partial charge in [-0.3, -0.25) is 4.98 Å². The van der Waals surface area contributed by atoms with Crippen molar-refractivity contribution in [3.05, 3.63) is 60.2 Å². The molecule has 4 aromatic rings. The van der Waals surface area contributed by atoms with Crippen molar-refractivity contribution in [3.8, 4) is 17.1 Å². The van der Waals surface area contributed by atoms with Crippen LogP contribution in [0.2, 0.25) is 0 Å². The summed E-state index contributed by atoms with van der Waals surface area (Å²) in [6.45, 7) is 0. The summed E-state index contributed by atoms with van der Waals surface area (Å²) in [6.07, 6.45) is -1.17. The molecule has 0 aliphatic carbocycles. The van der Waals surface area contributed by atoms with Crippen LogP contribution in [0.3, 0.4) is 0 Å². The first-order valence-corrected chi connectivity index (χ1v) is 8.81. The monoisotopic (exact) mass is 405 g/mol. The smallest absolute Gasteiger partial charge is 0.411 e. The number of halogens is 3. The molecule has 0 bridgehead atoms. The van der Waals surface area contributed by atoms with Crippen LogP contribution in [0.4, 0.5) is 13.2 Å². The number of benzene rings is 1. The lowest BCUT2D eigenvalue weighted by Gasteiger charge is -2.08. The molecule has 0 saturated carbocycles. The summed E-state index contributed by atoms with van der Waals surface area (Å²) in [6, 6.07) is 8.06. The molecule has 0 aliphatic rings. The first-order valence-electron chi connectivity index (χ1n) is 7.82. The molecule has 0 unspecified atom stereocenters. The fourth-order valence-electron chi connectivity index (χ4n) is 2.29. The molecule has 0 fully saturated rings. The maximum atomic E-state index is 12.7. The molecule has 12 heteroatoms. The third-order valence-corrected chi connectivity index (χ3v) is 4.45. The first kappa shape index (κ1) is 18.1. The Bertz CT molecular complexity index is 1060. The van der Waals surface area contributed by atoms with Crippen LogP contribution >= 0.6 is 11.8 Å². The lowest BCUT2D eigenvalue weighted by molar-refractivity contribution is -0.137. The van der Waals surface area contributed by atoms with Crippen molar-refractivity contribution in [2.75, 3.05) is 0 Å². The highest BCUT2D eigenvalue weighted by Gasteiger charge is 2.30. The van der Waals surface area contributed by atoms with E-state index in [1.165, 1.54) is 28.6 Å². The average Bonchev–Trinajstić information content (AvgIpc) is 3.36. The molecule has 0 atom stereocenters. The molecule has 3 heterocycles. The van der Waals surface area contributed by atoms with Gasteiger partial charge >= 0.3 is 6.18 Å². The summed E-state index contributed by atoms with van der Waals surface area (Å²) in [5.74, 6) is 1.06. The van der Waals surface area contributed by atoms with E-state index in [0.29, 0.717) is 22.6 Å². The van der Waals surface area contributed by atoms with Gasteiger partial charge in [-0.2, -0.15) is 17.9 Å². The number of hydrogen-bond acceptors (Lipinski definition) is 8. The summed E-state index contributed by atoms with van der Waals surface area (Å²) in [5.41, 5.74) is 0.412. The molecule has 1 aromatic carbocycles. The van der Waals surface area contributed by atoms with Gasteiger partial charge in [0.05, 0.1) is 17.0 Å². The Kier molecular flexibility index (Phi) is 4.77. The molecule has 0 radical (unpaired) electrons. The summed E-state index contributed by atoms with van der Waals surface area (Å²) in [4.78, 5) is 3.92. The zero-order chi connectivity index (χ0) is 19.6. The van der Waals surface area contributed by atoms with Crippen LogP contribution in [0.25, 0.3) is 17.1 Å². The molecule has 0 spiro atoms. The number of rotatable bonds is 5. The fourth-order valence-corrected chi connectivity index (χ4v) is 2.96. The van der Waals surface area contributed by atoms with E-state index in [2.05, 4.69) is 30.7 Å². The van der Waals surface area contributed by atoms with Crippen molar-refractivity contribution in [2.24, 2.45) is 0 Å². The van der Waals surface area contributed by atoms with Crippen molar-refractivity contribution in [1.29, 1.82) is 0 Å². The molecule has 0 aliphatic heterocycles. The van der Waals surface area contributed by atoms with Gasteiger partial charge in [0.25, 0.3) is 5.22 Å². The molecule has 0 amide bonds. The minimum Gasteiger partial charge on any atom is -0.411 e. The van der Waals surface area contributed by atoms with E-state index in [1.807, 2.05) is 0 Å². The van der Waals surface area contributed by atoms with Crippen LogP contribution in [-0.2, 0) is 11.9 Å². The van der Waals surface area contributed by atoms with E-state index in [1.54, 1.807) is 24.5 Å². The molecule has 0 N–H and O–H groups in total. The third-order valence-electron chi connectivity index (χ3n) is 3.63. The van der Waals surface area contributed by atoms with Crippen LogP contribution in [0.5, 0.6) is 0 Å². The summed E-state index contributed by atoms with van der Waals surface area (Å²) >= 11 is 1.21. The molecule has 8 nitrogen and oxygen atoms in total. The van der Waals surface area contributed by atoms with Crippen LogP contribution in [0.15, 0.2) is 58.4 Å². The topological polar surface area (TPSA) is 95.4 Å². The molecule has 4 rings (SSSR count). The van der Waals surface area contributed by atoms with E-state index >= 15 is 0 Å². The van der Waals surface area contributed by atoms with Gasteiger partial charge in [-0.15, -0.1) is 15.3 Å². The van der Waals surface area contributed by atoms with Gasteiger partial charge in [0, 0.05) is 18.0 Å². The standard InChI is InChI=1S/C16H10F3N7OS/c17-16(18,19)11-1-3-12(4-2-11)26-13(21-24-25-26)9-28-15-23-22-14(27-15)10-5-7-20-8-6-10/h1-8H,9H2. The van der Waals surface area contributed by atoms with Crippen molar-refractivity contribution in [3.63, 3.8) is 0 Å². The lowest BCUT2D eigenvalue weighted by Crippen LogP contribution is -2.06. The van der Waals surface area contributed by atoms with Gasteiger partial charge < -0.3 is 4.42 Å². The second kappa shape index (κ2) is 7.38. The summed E-state index contributed by atoms with van der Waals surface area (Å²) in [5, 5.41) is 19.6. The maximum absolute atomic E-state index is 12.7. The predicted octanol–water partition coefficient (Wildman–Crippen LogP) is 3.42. The molecule has 0 saturated heterocycles. The highest BCUT2D eigenvalue weighted by molar-refractivity contribution is 7.98. The van der Waals surface area contributed by atoms with Gasteiger partial charge in [-0.1, -0.05) is 11.8 Å². The normalized spacial score (nSPS) is 11.7. The first-order chi connectivity index (χ1) is 13.5. The van der Waals surface area contributed by atoms with Crippen LogP contribution in [0, 0.1) is 0 Å². The van der Waals surface area contributed by atoms with E-state index in [4.69, 9.17) is 4.42 Å². The largest absolute Gasteiger partial charge is 0.416 e. The number of nitrogens with zero attached hydrogens (tertiary/aromatic N) is 7. The fraction of sp³-hybridized carbons (Fsp3) is 0.125. The molecule has 3 aromatic heterocycles. The van der Waals surface area contributed by atoms with E-state index in [0.717, 1.165) is 17.7 Å². The van der Waals surface area contributed by atoms with Gasteiger partial charge in [0.15, 0.2) is 5.82 Å². The second-order valence-electron chi connectivity index (χ2n) is 5.45. The number of aromatic nitrogens is 7. The molecule has 28 heavy (non-hydrogen) atoms. The van der Waals surface area contributed by atoms with Crippen molar-refractivity contribution in [1.82, 2.24) is 35.4 Å². The number of hydrogen-bond donors (Lipinski definition) is 0. The van der Waals surface area contributed by atoms with Gasteiger partial charge in [-0.25, -0.2) is 0 Å². The number of alkyl halides is 3. The van der Waals surface area contributed by atoms with Crippen molar-refractivity contribution >= 4 is 11.8 Å². The van der Waals surface area contributed by atoms with Crippen LogP contribution in [-0.4, -0.2) is 35.4 Å². The van der Waals surface area contributed by atoms with Crippen molar-refractivity contribution < 1.29 is 17.6 Å². The number of tetrazole rings is 1. The number of thioether (sulfide) groups is 1. The number of pyridine rings is 1. The molecular weight excluding hydrogens is 395 g/mol. The maximum Gasteiger partial charge on any atom is 0.416 e. The summed E-state index contributed by atoms with van der Waals surface area (Å²) < 4.78 is 45.0. The molecular formula is C16H10F3N7OS. The Labute approximate surface area is 159 Å². The van der Waals surface area contributed by atoms with Crippen LogP contribution in [0.1, 0.15) is 11.4 Å². The zero-order valence-corrected chi connectivity index (χ0v) is 14.7. The van der Waals surface area contributed by atoms with Gasteiger partial charge in [-0.05, 0) is 46.8 Å². The minimum atomic E-state index is -4.40. The Hall–Kier alpha value is -3.28. The van der Waals surface area contributed by atoms with Crippen LogP contribution < -0.4 is 0 Å². The Balaban J connectivity index is 1.48. The van der Waals surface area contributed by atoms with Crippen molar-refractivity contribution in [2.45, 2.75) is 17.2 Å². The Morgan fingerprint density at radius 1 is 0.964 bits per heavy atom. The third kappa shape index (κ3) is 3.86. The van der Waals surface area contributed by atoms with E-state index in [9.17, 15) is 13.2 Å². The SMILES string of the molecule is FC(F)(F)c1ccc(-n2nnnc2CSc2nnc(-c3ccncc3)o2)cc1. The summed E-state index contributed by atoms with van der Waals surface area (Å²) in [7, 11) is 0. The Morgan fingerprint density at radius 3 is 2.43 bits per heavy atom. The highest BCUT2D eigenvalue weighted by Crippen LogP contribution is 2.30. The second-order valence-corrected chi connectivity index (χ2v) is 6.38. The molecule has 142 valence electrons. The van der Waals surface area contributed by atoms with E-state index < -0.39 is 11.7 Å². The van der Waals surface area contributed by atoms with E-state index in [-0.39, 0.29) is 5.75 Å². The zero-order valence-electron chi connectivity index (χ0n) is 13.9. The van der Waals surface area contributed by atoms with Gasteiger partial charge in [0.2, 0.25) is 5.89 Å². The average molecular weight is 405 g/mol. The Morgan fingerprint density at radius 2 is 1.71 bits per heavy atom. The quantitative estimate of drug-likeness (QED) is 0.466. The predicted molar refractivity (Wildman–Crippen MR) is 91.2 cm³/mol. The lowest BCUT2D eigenvalue weighted by atomic mass is 10.2. The highest BCUT2D eigenvalue weighted by atomic mass is 32.2. The van der Waals surface area contributed by atoms with Gasteiger partial charge in [0.1, 0.15) is 0 Å². The minimum absolute atomic E-state index is 0.284.